The Balaban J connectivity index is 1.39. The molecule has 1 aromatic rings. The van der Waals surface area contributed by atoms with Crippen molar-refractivity contribution in [2.45, 2.75) is 38.1 Å². The zero-order chi connectivity index (χ0) is 15.1. The quantitative estimate of drug-likeness (QED) is 0.828. The molecule has 5 rings (SSSR count). The van der Waals surface area contributed by atoms with E-state index in [0.717, 1.165) is 34.3 Å². The van der Waals surface area contributed by atoms with Crippen LogP contribution in [0.5, 0.6) is 0 Å². The third kappa shape index (κ3) is 2.81. The van der Waals surface area contributed by atoms with Crippen LogP contribution in [0.15, 0.2) is 30.3 Å². The third-order valence-electron chi connectivity index (χ3n) is 5.83. The molecule has 3 heteroatoms. The van der Waals surface area contributed by atoms with Crippen molar-refractivity contribution < 1.29 is 4.79 Å². The summed E-state index contributed by atoms with van der Waals surface area (Å²) in [5.74, 6) is 3.39. The number of benzene rings is 1. The molecule has 0 aliphatic heterocycles. The van der Waals surface area contributed by atoms with Crippen LogP contribution in [0.25, 0.3) is 6.08 Å². The van der Waals surface area contributed by atoms with E-state index in [4.69, 9.17) is 11.6 Å². The minimum atomic E-state index is 0.0485. The van der Waals surface area contributed by atoms with E-state index in [2.05, 4.69) is 5.32 Å². The predicted molar refractivity (Wildman–Crippen MR) is 89.5 cm³/mol. The second-order valence-corrected chi connectivity index (χ2v) is 7.79. The molecule has 22 heavy (non-hydrogen) atoms. The summed E-state index contributed by atoms with van der Waals surface area (Å²) in [6.45, 7) is 0. The molecule has 0 aromatic heterocycles. The molecule has 0 radical (unpaired) electrons. The normalized spacial score (nSPS) is 36.0. The van der Waals surface area contributed by atoms with Gasteiger partial charge < -0.3 is 5.32 Å². The van der Waals surface area contributed by atoms with Gasteiger partial charge in [-0.25, -0.2) is 0 Å². The minimum absolute atomic E-state index is 0.0485. The highest BCUT2D eigenvalue weighted by Gasteiger charge is 2.48. The van der Waals surface area contributed by atoms with Crippen molar-refractivity contribution >= 4 is 23.6 Å². The second-order valence-electron chi connectivity index (χ2n) is 7.35. The Kier molecular flexibility index (Phi) is 3.73. The van der Waals surface area contributed by atoms with Crippen molar-refractivity contribution in [2.24, 2.45) is 23.7 Å². The Morgan fingerprint density at radius 3 is 2.18 bits per heavy atom. The van der Waals surface area contributed by atoms with Crippen molar-refractivity contribution in [3.63, 3.8) is 0 Å². The largest absolute Gasteiger partial charge is 0.349 e. The van der Waals surface area contributed by atoms with Crippen LogP contribution in [0.2, 0.25) is 5.02 Å². The lowest BCUT2D eigenvalue weighted by Crippen LogP contribution is -2.55. The topological polar surface area (TPSA) is 29.1 Å². The number of halogens is 1. The van der Waals surface area contributed by atoms with Crippen LogP contribution in [0.1, 0.15) is 37.7 Å². The highest BCUT2D eigenvalue weighted by atomic mass is 35.5. The molecule has 0 spiro atoms. The highest BCUT2D eigenvalue weighted by molar-refractivity contribution is 6.30. The molecule has 0 atom stereocenters. The lowest BCUT2D eigenvalue weighted by molar-refractivity contribution is -0.120. The SMILES string of the molecule is O=C(C=Cc1ccc(Cl)cc1)NC1C2CC3CC(C2)CC1C3. The molecule has 0 unspecified atom stereocenters. The summed E-state index contributed by atoms with van der Waals surface area (Å²) < 4.78 is 0. The lowest BCUT2D eigenvalue weighted by Gasteiger charge is -2.54. The van der Waals surface area contributed by atoms with E-state index in [-0.39, 0.29) is 5.91 Å². The first kappa shape index (κ1) is 14.3. The molecule has 4 aliphatic rings. The van der Waals surface area contributed by atoms with Gasteiger partial charge in [0.05, 0.1) is 0 Å². The van der Waals surface area contributed by atoms with Crippen LogP contribution >= 0.6 is 11.6 Å². The smallest absolute Gasteiger partial charge is 0.244 e. The van der Waals surface area contributed by atoms with Crippen LogP contribution in [0.4, 0.5) is 0 Å². The average molecular weight is 316 g/mol. The van der Waals surface area contributed by atoms with Crippen LogP contribution in [0.3, 0.4) is 0 Å². The Labute approximate surface area is 136 Å². The molecule has 1 aromatic carbocycles. The standard InChI is InChI=1S/C19H22ClNO/c20-17-4-1-12(2-5-17)3-6-18(22)21-19-15-8-13-7-14(10-15)11-16(19)9-13/h1-6,13-16,19H,7-11H2,(H,21,22). The third-order valence-corrected chi connectivity index (χ3v) is 6.08. The zero-order valence-electron chi connectivity index (χ0n) is 12.7. The maximum absolute atomic E-state index is 12.3. The van der Waals surface area contributed by atoms with E-state index >= 15 is 0 Å². The summed E-state index contributed by atoms with van der Waals surface area (Å²) >= 11 is 5.87. The number of carbonyl (C=O) groups is 1. The molecule has 0 heterocycles. The van der Waals surface area contributed by atoms with E-state index in [1.54, 1.807) is 6.08 Å². The van der Waals surface area contributed by atoms with E-state index in [0.29, 0.717) is 6.04 Å². The van der Waals surface area contributed by atoms with Gasteiger partial charge in [-0.3, -0.25) is 4.79 Å². The van der Waals surface area contributed by atoms with Crippen LogP contribution in [-0.2, 0) is 4.79 Å². The Morgan fingerprint density at radius 2 is 1.59 bits per heavy atom. The lowest BCUT2D eigenvalue weighted by atomic mass is 9.54. The summed E-state index contributed by atoms with van der Waals surface area (Å²) in [5.41, 5.74) is 1.00. The summed E-state index contributed by atoms with van der Waals surface area (Å²) in [6.07, 6.45) is 10.3. The van der Waals surface area contributed by atoms with Crippen LogP contribution in [0, 0.1) is 23.7 Å². The van der Waals surface area contributed by atoms with Gasteiger partial charge in [0.2, 0.25) is 5.91 Å². The molecule has 4 fully saturated rings. The maximum Gasteiger partial charge on any atom is 0.244 e. The molecule has 4 saturated carbocycles. The van der Waals surface area contributed by atoms with Gasteiger partial charge in [0.25, 0.3) is 0 Å². The first-order valence-corrected chi connectivity index (χ1v) is 8.79. The van der Waals surface area contributed by atoms with Crippen molar-refractivity contribution in [3.05, 3.63) is 40.9 Å². The van der Waals surface area contributed by atoms with Crippen LogP contribution < -0.4 is 5.32 Å². The number of amides is 1. The fourth-order valence-corrected chi connectivity index (χ4v) is 5.25. The van der Waals surface area contributed by atoms with Gasteiger partial charge in [-0.1, -0.05) is 23.7 Å². The molecule has 116 valence electrons. The van der Waals surface area contributed by atoms with E-state index in [9.17, 15) is 4.79 Å². The number of rotatable bonds is 3. The summed E-state index contributed by atoms with van der Waals surface area (Å²) in [5, 5.41) is 4.01. The molecule has 4 bridgehead atoms. The zero-order valence-corrected chi connectivity index (χ0v) is 13.4. The number of hydrogen-bond acceptors (Lipinski definition) is 1. The molecule has 4 aliphatic carbocycles. The molecule has 2 nitrogen and oxygen atoms in total. The average Bonchev–Trinajstić information content (AvgIpc) is 2.50. The van der Waals surface area contributed by atoms with Gasteiger partial charge >= 0.3 is 0 Å². The van der Waals surface area contributed by atoms with Gasteiger partial charge in [-0.15, -0.1) is 0 Å². The number of nitrogens with one attached hydrogen (secondary N) is 1. The van der Waals surface area contributed by atoms with Gasteiger partial charge in [0.1, 0.15) is 0 Å². The van der Waals surface area contributed by atoms with Gasteiger partial charge in [0.15, 0.2) is 0 Å². The molecule has 1 amide bonds. The Hall–Kier alpha value is -1.28. The van der Waals surface area contributed by atoms with Gasteiger partial charge in [-0.05, 0) is 79.5 Å². The number of carbonyl (C=O) groups excluding carboxylic acids is 1. The van der Waals surface area contributed by atoms with Gasteiger partial charge in [0, 0.05) is 17.1 Å². The van der Waals surface area contributed by atoms with E-state index in [1.807, 2.05) is 30.3 Å². The Bertz CT molecular complexity index is 564. The summed E-state index contributed by atoms with van der Waals surface area (Å²) in [6, 6.07) is 7.95. The molecular formula is C19H22ClNO. The first-order chi connectivity index (χ1) is 10.7. The first-order valence-electron chi connectivity index (χ1n) is 8.41. The number of hydrogen-bond donors (Lipinski definition) is 1. The Morgan fingerprint density at radius 1 is 1.00 bits per heavy atom. The monoisotopic (exact) mass is 315 g/mol. The highest BCUT2D eigenvalue weighted by Crippen LogP contribution is 2.53. The summed E-state index contributed by atoms with van der Waals surface area (Å²) in [4.78, 5) is 12.3. The fraction of sp³-hybridized carbons (Fsp3) is 0.526. The maximum atomic E-state index is 12.3. The fourth-order valence-electron chi connectivity index (χ4n) is 5.12. The van der Waals surface area contributed by atoms with Crippen molar-refractivity contribution in [1.82, 2.24) is 5.32 Å². The van der Waals surface area contributed by atoms with Crippen LogP contribution in [-0.4, -0.2) is 11.9 Å². The van der Waals surface area contributed by atoms with Crippen molar-refractivity contribution in [3.8, 4) is 0 Å². The predicted octanol–water partition coefficient (Wildman–Crippen LogP) is 4.29. The molecular weight excluding hydrogens is 294 g/mol. The van der Waals surface area contributed by atoms with Gasteiger partial charge in [-0.2, -0.15) is 0 Å². The van der Waals surface area contributed by atoms with E-state index in [1.165, 1.54) is 32.1 Å². The van der Waals surface area contributed by atoms with Crippen molar-refractivity contribution in [1.29, 1.82) is 0 Å². The summed E-state index contributed by atoms with van der Waals surface area (Å²) in [7, 11) is 0. The van der Waals surface area contributed by atoms with Crippen molar-refractivity contribution in [2.75, 3.05) is 0 Å². The molecule has 0 saturated heterocycles. The second kappa shape index (κ2) is 5.73. The minimum Gasteiger partial charge on any atom is -0.349 e. The molecule has 1 N–H and O–H groups in total. The van der Waals surface area contributed by atoms with E-state index < -0.39 is 0 Å².